The summed E-state index contributed by atoms with van der Waals surface area (Å²) in [6, 6.07) is 0. The summed E-state index contributed by atoms with van der Waals surface area (Å²) in [5, 5.41) is 20.5. The molecular weight excluding hydrogens is 220 g/mol. The third kappa shape index (κ3) is 2.69. The Bertz CT molecular complexity index is 311. The summed E-state index contributed by atoms with van der Waals surface area (Å²) < 4.78 is 5.00. The van der Waals surface area contributed by atoms with Gasteiger partial charge in [-0.15, -0.1) is 6.58 Å². The van der Waals surface area contributed by atoms with Crippen molar-refractivity contribution in [3.63, 3.8) is 0 Å². The highest BCUT2D eigenvalue weighted by molar-refractivity contribution is 5.65. The Morgan fingerprint density at radius 1 is 1.59 bits per heavy atom. The second-order valence-corrected chi connectivity index (χ2v) is 5.34. The van der Waals surface area contributed by atoms with E-state index in [1.165, 1.54) is 6.92 Å². The Labute approximate surface area is 102 Å². The van der Waals surface area contributed by atoms with E-state index in [1.54, 1.807) is 13.0 Å². The Balaban J connectivity index is 2.96. The Hall–Kier alpha value is -0.870. The average molecular weight is 242 g/mol. The monoisotopic (exact) mass is 242 g/mol. The van der Waals surface area contributed by atoms with Crippen molar-refractivity contribution in [2.75, 3.05) is 6.61 Å². The Morgan fingerprint density at radius 3 is 2.65 bits per heavy atom. The van der Waals surface area contributed by atoms with Crippen LogP contribution in [0, 0.1) is 11.3 Å². The lowest BCUT2D eigenvalue weighted by Gasteiger charge is -2.50. The SMILES string of the molecule is C=C[C@]1(C)[C@@H](O)CC[C@](C)(O)[C@H]1COC(C)=O. The van der Waals surface area contributed by atoms with Gasteiger partial charge in [0.2, 0.25) is 0 Å². The Morgan fingerprint density at radius 2 is 2.18 bits per heavy atom. The maximum Gasteiger partial charge on any atom is 0.302 e. The molecule has 0 aliphatic heterocycles. The molecule has 4 heteroatoms. The van der Waals surface area contributed by atoms with Crippen molar-refractivity contribution in [2.24, 2.45) is 11.3 Å². The van der Waals surface area contributed by atoms with Gasteiger partial charge in [-0.1, -0.05) is 13.0 Å². The van der Waals surface area contributed by atoms with Crippen LogP contribution in [0.25, 0.3) is 0 Å². The number of rotatable bonds is 3. The van der Waals surface area contributed by atoms with E-state index in [0.717, 1.165) is 0 Å². The summed E-state index contributed by atoms with van der Waals surface area (Å²) in [7, 11) is 0. The zero-order valence-corrected chi connectivity index (χ0v) is 10.8. The van der Waals surface area contributed by atoms with E-state index in [4.69, 9.17) is 4.74 Å². The number of aliphatic hydroxyl groups excluding tert-OH is 1. The maximum atomic E-state index is 10.9. The molecule has 1 aliphatic carbocycles. The number of carbonyl (C=O) groups excluding carboxylic acids is 1. The van der Waals surface area contributed by atoms with Crippen molar-refractivity contribution < 1.29 is 19.7 Å². The first kappa shape index (κ1) is 14.2. The molecule has 0 amide bonds. The van der Waals surface area contributed by atoms with Crippen LogP contribution in [0.4, 0.5) is 0 Å². The molecule has 1 aliphatic rings. The standard InChI is InChI=1S/C13H22O4/c1-5-12(3)10(8-17-9(2)14)13(4,16)7-6-11(12)15/h5,10-11,15-16H,1,6-8H2,2-4H3/t10-,11-,12-,13-/m0/s1. The molecular formula is C13H22O4. The molecule has 2 N–H and O–H groups in total. The zero-order valence-electron chi connectivity index (χ0n) is 10.8. The second kappa shape index (κ2) is 4.78. The number of carbonyl (C=O) groups is 1. The minimum Gasteiger partial charge on any atom is -0.465 e. The zero-order chi connectivity index (χ0) is 13.3. The molecule has 17 heavy (non-hydrogen) atoms. The quantitative estimate of drug-likeness (QED) is 0.577. The van der Waals surface area contributed by atoms with Gasteiger partial charge in [-0.25, -0.2) is 0 Å². The summed E-state index contributed by atoms with van der Waals surface area (Å²) in [5.41, 5.74) is -1.60. The van der Waals surface area contributed by atoms with E-state index in [1.807, 2.05) is 6.92 Å². The molecule has 1 fully saturated rings. The molecule has 0 aromatic heterocycles. The molecule has 0 heterocycles. The number of ether oxygens (including phenoxy) is 1. The lowest BCUT2D eigenvalue weighted by Crippen LogP contribution is -2.55. The van der Waals surface area contributed by atoms with Gasteiger partial charge in [0.25, 0.3) is 0 Å². The maximum absolute atomic E-state index is 10.9. The van der Waals surface area contributed by atoms with Crippen molar-refractivity contribution >= 4 is 5.97 Å². The van der Waals surface area contributed by atoms with Crippen LogP contribution >= 0.6 is 0 Å². The second-order valence-electron chi connectivity index (χ2n) is 5.34. The minimum absolute atomic E-state index is 0.0991. The molecule has 1 rings (SSSR count). The molecule has 0 unspecified atom stereocenters. The highest BCUT2D eigenvalue weighted by Crippen LogP contribution is 2.47. The number of esters is 1. The fourth-order valence-corrected chi connectivity index (χ4v) is 2.65. The van der Waals surface area contributed by atoms with E-state index in [-0.39, 0.29) is 18.5 Å². The fraction of sp³-hybridized carbons (Fsp3) is 0.769. The smallest absolute Gasteiger partial charge is 0.302 e. The minimum atomic E-state index is -0.961. The van der Waals surface area contributed by atoms with Gasteiger partial charge >= 0.3 is 5.97 Å². The third-order valence-corrected chi connectivity index (χ3v) is 4.04. The first-order chi connectivity index (χ1) is 7.74. The summed E-state index contributed by atoms with van der Waals surface area (Å²) in [4.78, 5) is 10.9. The van der Waals surface area contributed by atoms with Gasteiger partial charge in [-0.2, -0.15) is 0 Å². The van der Waals surface area contributed by atoms with Crippen LogP contribution in [0.2, 0.25) is 0 Å². The topological polar surface area (TPSA) is 66.8 Å². The number of hydrogen-bond donors (Lipinski definition) is 2. The molecule has 0 saturated heterocycles. The van der Waals surface area contributed by atoms with Crippen LogP contribution < -0.4 is 0 Å². The predicted octanol–water partition coefficient (Wildman–Crippen LogP) is 1.26. The average Bonchev–Trinajstić information content (AvgIpc) is 2.23. The van der Waals surface area contributed by atoms with Crippen molar-refractivity contribution in [1.29, 1.82) is 0 Å². The van der Waals surface area contributed by atoms with E-state index >= 15 is 0 Å². The Kier molecular flexibility index (Phi) is 3.99. The van der Waals surface area contributed by atoms with Gasteiger partial charge in [0.1, 0.15) is 0 Å². The van der Waals surface area contributed by atoms with Gasteiger partial charge in [0.05, 0.1) is 18.3 Å². The highest BCUT2D eigenvalue weighted by atomic mass is 16.5. The first-order valence-electron chi connectivity index (χ1n) is 5.91. The molecule has 4 atom stereocenters. The molecule has 98 valence electrons. The molecule has 0 aromatic rings. The lowest BCUT2D eigenvalue weighted by atomic mass is 9.60. The van der Waals surface area contributed by atoms with Gasteiger partial charge in [-0.3, -0.25) is 4.79 Å². The van der Waals surface area contributed by atoms with Crippen LogP contribution in [-0.4, -0.2) is 34.5 Å². The van der Waals surface area contributed by atoms with Crippen LogP contribution in [0.3, 0.4) is 0 Å². The van der Waals surface area contributed by atoms with Crippen molar-refractivity contribution in [3.8, 4) is 0 Å². The normalized spacial score (nSPS) is 41.9. The fourth-order valence-electron chi connectivity index (χ4n) is 2.65. The molecule has 4 nitrogen and oxygen atoms in total. The summed E-state index contributed by atoms with van der Waals surface area (Å²) in [6.45, 7) is 8.73. The summed E-state index contributed by atoms with van der Waals surface area (Å²) >= 11 is 0. The number of aliphatic hydroxyl groups is 2. The van der Waals surface area contributed by atoms with E-state index in [0.29, 0.717) is 12.8 Å². The van der Waals surface area contributed by atoms with E-state index in [2.05, 4.69) is 6.58 Å². The molecule has 0 radical (unpaired) electrons. The largest absolute Gasteiger partial charge is 0.465 e. The summed E-state index contributed by atoms with van der Waals surface area (Å²) in [6.07, 6.45) is 2.09. The summed E-state index contributed by atoms with van der Waals surface area (Å²) in [5.74, 6) is -0.729. The highest BCUT2D eigenvalue weighted by Gasteiger charge is 2.51. The molecule has 0 bridgehead atoms. The molecule has 1 saturated carbocycles. The van der Waals surface area contributed by atoms with Gasteiger partial charge < -0.3 is 14.9 Å². The van der Waals surface area contributed by atoms with Crippen molar-refractivity contribution in [1.82, 2.24) is 0 Å². The van der Waals surface area contributed by atoms with E-state index < -0.39 is 17.1 Å². The van der Waals surface area contributed by atoms with Crippen molar-refractivity contribution in [2.45, 2.75) is 45.3 Å². The third-order valence-electron chi connectivity index (χ3n) is 4.04. The van der Waals surface area contributed by atoms with Crippen LogP contribution in [-0.2, 0) is 9.53 Å². The van der Waals surface area contributed by atoms with Crippen LogP contribution in [0.5, 0.6) is 0 Å². The molecule has 0 spiro atoms. The van der Waals surface area contributed by atoms with Crippen molar-refractivity contribution in [3.05, 3.63) is 12.7 Å². The van der Waals surface area contributed by atoms with Gasteiger partial charge in [0.15, 0.2) is 0 Å². The van der Waals surface area contributed by atoms with Crippen LogP contribution in [0.1, 0.15) is 33.6 Å². The first-order valence-corrected chi connectivity index (χ1v) is 5.91. The van der Waals surface area contributed by atoms with Crippen LogP contribution in [0.15, 0.2) is 12.7 Å². The lowest BCUT2D eigenvalue weighted by molar-refractivity contribution is -0.166. The molecule has 0 aromatic carbocycles. The van der Waals surface area contributed by atoms with Gasteiger partial charge in [0, 0.05) is 18.3 Å². The van der Waals surface area contributed by atoms with Gasteiger partial charge in [-0.05, 0) is 19.8 Å². The van der Waals surface area contributed by atoms with E-state index in [9.17, 15) is 15.0 Å². The predicted molar refractivity (Wildman–Crippen MR) is 64.3 cm³/mol. The number of hydrogen-bond acceptors (Lipinski definition) is 4.